The van der Waals surface area contributed by atoms with E-state index >= 15 is 0 Å². The molecule has 0 atom stereocenters. The highest BCUT2D eigenvalue weighted by Gasteiger charge is 2.14. The molecular weight excluding hydrogens is 424 g/mol. The van der Waals surface area contributed by atoms with E-state index in [-0.39, 0.29) is 0 Å². The summed E-state index contributed by atoms with van der Waals surface area (Å²) >= 11 is 6.07. The predicted octanol–water partition coefficient (Wildman–Crippen LogP) is 5.78. The molecular formula is C26H19ClN2O3. The van der Waals surface area contributed by atoms with Gasteiger partial charge in [0.2, 0.25) is 0 Å². The molecule has 0 spiro atoms. The van der Waals surface area contributed by atoms with Crippen molar-refractivity contribution >= 4 is 40.5 Å². The molecule has 0 unspecified atom stereocenters. The van der Waals surface area contributed by atoms with Crippen LogP contribution in [0.3, 0.4) is 0 Å². The zero-order valence-electron chi connectivity index (χ0n) is 17.2. The minimum atomic E-state index is -0.473. The molecule has 0 aliphatic carbocycles. The molecule has 1 amide bonds. The van der Waals surface area contributed by atoms with Gasteiger partial charge in [-0.3, -0.25) is 4.79 Å². The van der Waals surface area contributed by atoms with Crippen molar-refractivity contribution in [3.8, 4) is 5.75 Å². The van der Waals surface area contributed by atoms with Crippen molar-refractivity contribution in [3.05, 3.63) is 112 Å². The Bertz CT molecular complexity index is 1350. The molecule has 32 heavy (non-hydrogen) atoms. The lowest BCUT2D eigenvalue weighted by molar-refractivity contribution is 0.0734. The third kappa shape index (κ3) is 4.68. The van der Waals surface area contributed by atoms with E-state index in [1.54, 1.807) is 48.5 Å². The Morgan fingerprint density at radius 1 is 0.938 bits per heavy atom. The molecule has 0 radical (unpaired) electrons. The molecule has 158 valence electrons. The first-order chi connectivity index (χ1) is 15.5. The van der Waals surface area contributed by atoms with Gasteiger partial charge in [-0.2, -0.15) is 5.10 Å². The molecule has 5 nitrogen and oxygen atoms in total. The van der Waals surface area contributed by atoms with Gasteiger partial charge in [-0.15, -0.1) is 0 Å². The Morgan fingerprint density at radius 2 is 1.72 bits per heavy atom. The lowest BCUT2D eigenvalue weighted by Gasteiger charge is -2.11. The zero-order valence-corrected chi connectivity index (χ0v) is 18.0. The first-order valence-electron chi connectivity index (χ1n) is 9.91. The van der Waals surface area contributed by atoms with Crippen molar-refractivity contribution in [2.24, 2.45) is 5.10 Å². The second kappa shape index (κ2) is 9.45. The number of fused-ring (bicyclic) bond motifs is 1. The third-order valence-corrected chi connectivity index (χ3v) is 5.19. The highest BCUT2D eigenvalue weighted by atomic mass is 35.5. The number of ether oxygens (including phenoxy) is 1. The lowest BCUT2D eigenvalue weighted by Crippen LogP contribution is -2.18. The maximum Gasteiger partial charge on any atom is 0.343 e. The van der Waals surface area contributed by atoms with Crippen LogP contribution >= 0.6 is 11.6 Å². The van der Waals surface area contributed by atoms with Crippen LogP contribution in [0.5, 0.6) is 5.75 Å². The Balaban J connectivity index is 1.64. The number of nitrogens with zero attached hydrogens (tertiary/aromatic N) is 1. The van der Waals surface area contributed by atoms with Crippen LogP contribution in [0.4, 0.5) is 0 Å². The van der Waals surface area contributed by atoms with Gasteiger partial charge < -0.3 is 4.74 Å². The fraction of sp³-hybridized carbons (Fsp3) is 0.0385. The number of aryl methyl sites for hydroxylation is 1. The van der Waals surface area contributed by atoms with Crippen molar-refractivity contribution in [3.63, 3.8) is 0 Å². The smallest absolute Gasteiger partial charge is 0.343 e. The number of rotatable bonds is 5. The van der Waals surface area contributed by atoms with Crippen LogP contribution in [0.15, 0.2) is 90.0 Å². The monoisotopic (exact) mass is 442 g/mol. The summed E-state index contributed by atoms with van der Waals surface area (Å²) in [5, 5.41) is 6.20. The van der Waals surface area contributed by atoms with Gasteiger partial charge in [0.25, 0.3) is 5.91 Å². The van der Waals surface area contributed by atoms with Gasteiger partial charge in [0.1, 0.15) is 5.75 Å². The molecule has 0 aromatic heterocycles. The molecule has 4 aromatic carbocycles. The topological polar surface area (TPSA) is 67.8 Å². The number of carbonyl (C=O) groups excluding carboxylic acids is 2. The molecule has 0 bridgehead atoms. The van der Waals surface area contributed by atoms with E-state index < -0.39 is 11.9 Å². The van der Waals surface area contributed by atoms with Gasteiger partial charge in [-0.25, -0.2) is 10.2 Å². The largest absolute Gasteiger partial charge is 0.422 e. The fourth-order valence-electron chi connectivity index (χ4n) is 3.29. The fourth-order valence-corrected chi connectivity index (χ4v) is 3.51. The molecule has 0 aliphatic heterocycles. The minimum absolute atomic E-state index is 0.315. The first-order valence-corrected chi connectivity index (χ1v) is 10.3. The zero-order chi connectivity index (χ0) is 22.5. The Hall–Kier alpha value is -3.96. The highest BCUT2D eigenvalue weighted by Crippen LogP contribution is 2.27. The van der Waals surface area contributed by atoms with Gasteiger partial charge in [-0.05, 0) is 48.0 Å². The SMILES string of the molecule is Cc1cccc(C(=O)Oc2ccc3ccccc3c2/C=N\NC(=O)c2ccccc2Cl)c1. The maximum atomic E-state index is 12.7. The van der Waals surface area contributed by atoms with Crippen molar-refractivity contribution in [2.45, 2.75) is 6.92 Å². The normalized spacial score (nSPS) is 10.9. The number of amides is 1. The summed E-state index contributed by atoms with van der Waals surface area (Å²) in [4.78, 5) is 25.1. The van der Waals surface area contributed by atoms with E-state index in [0.29, 0.717) is 27.5 Å². The van der Waals surface area contributed by atoms with Gasteiger partial charge in [0.05, 0.1) is 22.4 Å². The van der Waals surface area contributed by atoms with Crippen molar-refractivity contribution in [1.82, 2.24) is 5.43 Å². The summed E-state index contributed by atoms with van der Waals surface area (Å²) in [6.07, 6.45) is 1.47. The second-order valence-corrected chi connectivity index (χ2v) is 7.54. The van der Waals surface area contributed by atoms with Crippen LogP contribution < -0.4 is 10.2 Å². The molecule has 0 saturated heterocycles. The van der Waals surface area contributed by atoms with Gasteiger partial charge in [0, 0.05) is 5.56 Å². The predicted molar refractivity (Wildman–Crippen MR) is 127 cm³/mol. The van der Waals surface area contributed by atoms with Crippen LogP contribution in [0, 0.1) is 6.92 Å². The van der Waals surface area contributed by atoms with Crippen LogP contribution in [-0.2, 0) is 0 Å². The maximum absolute atomic E-state index is 12.7. The number of carbonyl (C=O) groups is 2. The molecule has 0 heterocycles. The number of hydrazone groups is 1. The lowest BCUT2D eigenvalue weighted by atomic mass is 10.0. The van der Waals surface area contributed by atoms with Crippen molar-refractivity contribution < 1.29 is 14.3 Å². The number of hydrogen-bond acceptors (Lipinski definition) is 4. The van der Waals surface area contributed by atoms with Gasteiger partial charge in [-0.1, -0.05) is 71.8 Å². The van der Waals surface area contributed by atoms with Crippen LogP contribution in [-0.4, -0.2) is 18.1 Å². The number of nitrogens with one attached hydrogen (secondary N) is 1. The standard InChI is InChI=1S/C26H19ClN2O3/c1-17-7-6-9-19(15-17)26(31)32-24-14-13-18-8-2-3-10-20(18)22(24)16-28-29-25(30)21-11-4-5-12-23(21)27/h2-16H,1H3,(H,29,30)/b28-16-. The Kier molecular flexibility index (Phi) is 6.29. The van der Waals surface area contributed by atoms with Crippen molar-refractivity contribution in [2.75, 3.05) is 0 Å². The average Bonchev–Trinajstić information content (AvgIpc) is 2.80. The summed E-state index contributed by atoms with van der Waals surface area (Å²) in [7, 11) is 0. The van der Waals surface area contributed by atoms with Gasteiger partial charge in [0.15, 0.2) is 0 Å². The summed E-state index contributed by atoms with van der Waals surface area (Å²) < 4.78 is 5.69. The van der Waals surface area contributed by atoms with E-state index in [4.69, 9.17) is 16.3 Å². The van der Waals surface area contributed by atoms with E-state index in [2.05, 4.69) is 10.5 Å². The highest BCUT2D eigenvalue weighted by molar-refractivity contribution is 6.33. The Labute approximate surface area is 190 Å². The quantitative estimate of drug-likeness (QED) is 0.184. The molecule has 0 aliphatic rings. The van der Waals surface area contributed by atoms with Crippen LogP contribution in [0.25, 0.3) is 10.8 Å². The molecule has 4 aromatic rings. The summed E-state index contributed by atoms with van der Waals surface area (Å²) in [6, 6.07) is 25.1. The molecule has 0 fully saturated rings. The number of halogens is 1. The van der Waals surface area contributed by atoms with Crippen LogP contribution in [0.1, 0.15) is 31.8 Å². The van der Waals surface area contributed by atoms with Crippen molar-refractivity contribution in [1.29, 1.82) is 0 Å². The number of benzene rings is 4. The second-order valence-electron chi connectivity index (χ2n) is 7.14. The summed E-state index contributed by atoms with van der Waals surface area (Å²) in [5.41, 5.74) is 4.78. The van der Waals surface area contributed by atoms with E-state index in [9.17, 15) is 9.59 Å². The van der Waals surface area contributed by atoms with E-state index in [0.717, 1.165) is 16.3 Å². The summed E-state index contributed by atoms with van der Waals surface area (Å²) in [6.45, 7) is 1.91. The molecule has 4 rings (SSSR count). The summed E-state index contributed by atoms with van der Waals surface area (Å²) in [5.74, 6) is -0.574. The molecule has 0 saturated carbocycles. The minimum Gasteiger partial charge on any atom is -0.422 e. The average molecular weight is 443 g/mol. The third-order valence-electron chi connectivity index (χ3n) is 4.87. The van der Waals surface area contributed by atoms with E-state index in [1.807, 2.05) is 43.3 Å². The van der Waals surface area contributed by atoms with Gasteiger partial charge >= 0.3 is 5.97 Å². The molecule has 6 heteroatoms. The van der Waals surface area contributed by atoms with E-state index in [1.165, 1.54) is 6.21 Å². The molecule has 1 N–H and O–H groups in total. The Morgan fingerprint density at radius 3 is 2.53 bits per heavy atom. The van der Waals surface area contributed by atoms with Crippen LogP contribution in [0.2, 0.25) is 5.02 Å². The number of esters is 1. The number of hydrogen-bond donors (Lipinski definition) is 1. The first kappa shape index (κ1) is 21.3.